The van der Waals surface area contributed by atoms with Crippen molar-refractivity contribution in [2.75, 3.05) is 46.0 Å². The number of hydrogen-bond donors (Lipinski definition) is 3. The van der Waals surface area contributed by atoms with E-state index in [0.717, 1.165) is 49.9 Å². The van der Waals surface area contributed by atoms with Gasteiger partial charge in [0.1, 0.15) is 0 Å². The smallest absolute Gasteiger partial charge is 0.0808 e. The van der Waals surface area contributed by atoms with Gasteiger partial charge in [0.2, 0.25) is 0 Å². The number of unbranched alkanes of at least 4 members (excludes halogenated alkanes) is 12. The lowest BCUT2D eigenvalue weighted by Gasteiger charge is -2.39. The Morgan fingerprint density at radius 1 is 0.469 bits per heavy atom. The van der Waals surface area contributed by atoms with Crippen molar-refractivity contribution in [3.63, 3.8) is 0 Å². The van der Waals surface area contributed by atoms with E-state index in [4.69, 9.17) is 0 Å². The maximum absolute atomic E-state index is 9.28. The van der Waals surface area contributed by atoms with Crippen molar-refractivity contribution >= 4 is 0 Å². The number of quaternary nitrogens is 1. The Hall–Kier alpha value is -0.130. The molecule has 0 aliphatic rings. The van der Waals surface area contributed by atoms with Gasteiger partial charge < -0.3 is 32.2 Å². The summed E-state index contributed by atoms with van der Waals surface area (Å²) in [5, 5.41) is 27.8. The highest BCUT2D eigenvalue weighted by Crippen LogP contribution is 2.16. The SMILES string of the molecule is CCCCCCCC/C=C\CCCCCCCC[N+](CCCO)(CCCO)CCCO.[Cl-]. The van der Waals surface area contributed by atoms with Crippen LogP contribution >= 0.6 is 0 Å². The predicted molar refractivity (Wildman–Crippen MR) is 134 cm³/mol. The van der Waals surface area contributed by atoms with Crippen LogP contribution in [0.15, 0.2) is 12.2 Å². The highest BCUT2D eigenvalue weighted by Gasteiger charge is 2.25. The molecule has 0 unspecified atom stereocenters. The summed E-state index contributed by atoms with van der Waals surface area (Å²) in [6.07, 6.45) is 25.8. The van der Waals surface area contributed by atoms with Gasteiger partial charge in [0.15, 0.2) is 0 Å². The highest BCUT2D eigenvalue weighted by atomic mass is 35.5. The molecule has 0 rings (SSSR count). The average molecular weight is 478 g/mol. The maximum Gasteiger partial charge on any atom is 0.0808 e. The standard InChI is InChI=1S/C27H56NO3.ClH/c1-2-3-4-5-6-7-8-9-10-11-12-13-14-15-16-17-21-28(22-18-25-29,23-19-26-30)24-20-27-31;/h9-10,29-31H,2-8,11-27H2,1H3;1H/q+1;/p-1/b10-9-;. The molecule has 0 spiro atoms. The molecule has 0 aromatic rings. The van der Waals surface area contributed by atoms with E-state index in [2.05, 4.69) is 19.1 Å². The number of hydrogen-bond acceptors (Lipinski definition) is 3. The normalized spacial score (nSPS) is 11.9. The zero-order chi connectivity index (χ0) is 22.9. The molecule has 0 amide bonds. The molecule has 0 aromatic carbocycles. The second-order valence-corrected chi connectivity index (χ2v) is 9.41. The topological polar surface area (TPSA) is 60.7 Å². The summed E-state index contributed by atoms with van der Waals surface area (Å²) >= 11 is 0. The van der Waals surface area contributed by atoms with Crippen LogP contribution in [0, 0.1) is 0 Å². The largest absolute Gasteiger partial charge is 1.00 e. The molecule has 32 heavy (non-hydrogen) atoms. The van der Waals surface area contributed by atoms with Crippen molar-refractivity contribution in [2.45, 2.75) is 116 Å². The van der Waals surface area contributed by atoms with Gasteiger partial charge in [-0.05, 0) is 38.5 Å². The minimum atomic E-state index is 0. The zero-order valence-corrected chi connectivity index (χ0v) is 22.0. The van der Waals surface area contributed by atoms with Crippen molar-refractivity contribution in [3.05, 3.63) is 12.2 Å². The fourth-order valence-corrected chi connectivity index (χ4v) is 4.58. The van der Waals surface area contributed by atoms with Crippen molar-refractivity contribution in [2.24, 2.45) is 0 Å². The first-order chi connectivity index (χ1) is 15.2. The summed E-state index contributed by atoms with van der Waals surface area (Å²) in [5.41, 5.74) is 0. The van der Waals surface area contributed by atoms with Gasteiger partial charge in [0, 0.05) is 39.1 Å². The molecule has 0 aromatic heterocycles. The van der Waals surface area contributed by atoms with Crippen LogP contribution in [0.3, 0.4) is 0 Å². The molecule has 5 heteroatoms. The number of allylic oxidation sites excluding steroid dienone is 2. The van der Waals surface area contributed by atoms with Crippen molar-refractivity contribution in [1.82, 2.24) is 0 Å². The molecule has 0 fully saturated rings. The van der Waals surface area contributed by atoms with E-state index in [1.165, 1.54) is 89.9 Å². The predicted octanol–water partition coefficient (Wildman–Crippen LogP) is 2.99. The second kappa shape index (κ2) is 27.1. The van der Waals surface area contributed by atoms with Gasteiger partial charge in [-0.15, -0.1) is 0 Å². The summed E-state index contributed by atoms with van der Waals surface area (Å²) in [4.78, 5) is 0. The molecule has 194 valence electrons. The van der Waals surface area contributed by atoms with Crippen molar-refractivity contribution < 1.29 is 32.2 Å². The molecule has 0 bridgehead atoms. The number of aliphatic hydroxyl groups excluding tert-OH is 3. The maximum atomic E-state index is 9.28. The van der Waals surface area contributed by atoms with E-state index >= 15 is 0 Å². The molecule has 3 N–H and O–H groups in total. The van der Waals surface area contributed by atoms with Gasteiger partial charge in [-0.1, -0.05) is 70.4 Å². The lowest BCUT2D eigenvalue weighted by atomic mass is 10.1. The van der Waals surface area contributed by atoms with Gasteiger partial charge in [0.25, 0.3) is 0 Å². The van der Waals surface area contributed by atoms with E-state index in [1.807, 2.05) is 0 Å². The molecule has 0 atom stereocenters. The van der Waals surface area contributed by atoms with Crippen LogP contribution in [0.4, 0.5) is 0 Å². The second-order valence-electron chi connectivity index (χ2n) is 9.41. The Bertz CT molecular complexity index is 358. The summed E-state index contributed by atoms with van der Waals surface area (Å²) < 4.78 is 0.949. The summed E-state index contributed by atoms with van der Waals surface area (Å²) in [7, 11) is 0. The molecule has 0 saturated carbocycles. The van der Waals surface area contributed by atoms with Gasteiger partial charge >= 0.3 is 0 Å². The van der Waals surface area contributed by atoms with Gasteiger partial charge in [-0.2, -0.15) is 0 Å². The van der Waals surface area contributed by atoms with E-state index in [1.54, 1.807) is 0 Å². The highest BCUT2D eigenvalue weighted by molar-refractivity contribution is 4.81. The molecule has 4 nitrogen and oxygen atoms in total. The first kappa shape index (κ1) is 34.0. The summed E-state index contributed by atoms with van der Waals surface area (Å²) in [6.45, 7) is 6.95. The van der Waals surface area contributed by atoms with E-state index in [0.29, 0.717) is 0 Å². The van der Waals surface area contributed by atoms with Gasteiger partial charge in [-0.25, -0.2) is 0 Å². The van der Waals surface area contributed by atoms with Crippen LogP contribution in [0.25, 0.3) is 0 Å². The van der Waals surface area contributed by atoms with Gasteiger partial charge in [0.05, 0.1) is 26.2 Å². The third kappa shape index (κ3) is 21.7. The van der Waals surface area contributed by atoms with Gasteiger partial charge in [-0.3, -0.25) is 0 Å². The Balaban J connectivity index is 0. The third-order valence-corrected chi connectivity index (χ3v) is 6.52. The quantitative estimate of drug-likeness (QED) is 0.108. The molecule has 0 radical (unpaired) electrons. The number of nitrogens with zero attached hydrogens (tertiary/aromatic N) is 1. The Morgan fingerprint density at radius 2 is 0.812 bits per heavy atom. The molecule has 0 saturated heterocycles. The van der Waals surface area contributed by atoms with E-state index < -0.39 is 0 Å². The third-order valence-electron chi connectivity index (χ3n) is 6.52. The average Bonchev–Trinajstić information content (AvgIpc) is 2.79. The monoisotopic (exact) mass is 477 g/mol. The van der Waals surface area contributed by atoms with Crippen molar-refractivity contribution in [3.8, 4) is 0 Å². The minimum absolute atomic E-state index is 0. The fraction of sp³-hybridized carbons (Fsp3) is 0.926. The van der Waals surface area contributed by atoms with Crippen LogP contribution in [0.2, 0.25) is 0 Å². The van der Waals surface area contributed by atoms with Crippen LogP contribution in [0.1, 0.15) is 116 Å². The van der Waals surface area contributed by atoms with E-state index in [-0.39, 0.29) is 32.2 Å². The Labute approximate surface area is 206 Å². The minimum Gasteiger partial charge on any atom is -1.00 e. The summed E-state index contributed by atoms with van der Waals surface area (Å²) in [6, 6.07) is 0. The number of rotatable bonds is 25. The number of aliphatic hydroxyl groups is 3. The molecule has 0 aliphatic carbocycles. The lowest BCUT2D eigenvalue weighted by molar-refractivity contribution is -0.929. The number of halogens is 1. The summed E-state index contributed by atoms with van der Waals surface area (Å²) in [5.74, 6) is 0. The molecular formula is C27H56ClNO3. The van der Waals surface area contributed by atoms with Crippen LogP contribution in [-0.2, 0) is 0 Å². The lowest BCUT2D eigenvalue weighted by Crippen LogP contribution is -3.00. The van der Waals surface area contributed by atoms with Crippen molar-refractivity contribution in [1.29, 1.82) is 0 Å². The van der Waals surface area contributed by atoms with E-state index in [9.17, 15) is 15.3 Å². The Kier molecular flexibility index (Phi) is 28.8. The fourth-order valence-electron chi connectivity index (χ4n) is 4.58. The van der Waals surface area contributed by atoms with Crippen LogP contribution in [0.5, 0.6) is 0 Å². The molecule has 0 heterocycles. The van der Waals surface area contributed by atoms with Crippen LogP contribution in [-0.4, -0.2) is 65.8 Å². The zero-order valence-electron chi connectivity index (χ0n) is 21.3. The van der Waals surface area contributed by atoms with Crippen LogP contribution < -0.4 is 12.4 Å². The Morgan fingerprint density at radius 3 is 1.22 bits per heavy atom. The first-order valence-electron chi connectivity index (χ1n) is 13.6. The molecule has 0 aliphatic heterocycles. The first-order valence-corrected chi connectivity index (χ1v) is 13.6. The molecular weight excluding hydrogens is 422 g/mol.